The topological polar surface area (TPSA) is 66.0 Å². The molecule has 3 unspecified atom stereocenters. The minimum absolute atomic E-state index is 0.164. The fourth-order valence-corrected chi connectivity index (χ4v) is 7.16. The van der Waals surface area contributed by atoms with E-state index in [4.69, 9.17) is 18.5 Å². The van der Waals surface area contributed by atoms with Gasteiger partial charge in [-0.15, -0.1) is 0 Å². The van der Waals surface area contributed by atoms with Crippen LogP contribution < -0.4 is 5.09 Å². The monoisotopic (exact) mass is 696 g/mol. The normalized spacial score (nSPS) is 16.3. The first-order chi connectivity index (χ1) is 23.7. The van der Waals surface area contributed by atoms with Gasteiger partial charge in [-0.25, -0.2) is 5.09 Å². The Hall–Kier alpha value is -0.940. The number of esters is 1. The zero-order chi connectivity index (χ0) is 34.6. The smallest absolute Gasteiger partial charge is 0.306 e. The van der Waals surface area contributed by atoms with Crippen molar-refractivity contribution in [3.63, 3.8) is 0 Å². The molecule has 3 atom stereocenters. The molecular weight excluding hydrogens is 617 g/mol. The van der Waals surface area contributed by atoms with Crippen molar-refractivity contribution in [3.05, 3.63) is 24.5 Å². The summed E-state index contributed by atoms with van der Waals surface area (Å²) in [5.41, 5.74) is 0. The summed E-state index contributed by atoms with van der Waals surface area (Å²) in [6, 6.07) is 0. The minimum Gasteiger partial charge on any atom is -0.498 e. The molecule has 1 aliphatic rings. The van der Waals surface area contributed by atoms with E-state index in [2.05, 4.69) is 44.1 Å². The van der Waals surface area contributed by atoms with Gasteiger partial charge in [0.2, 0.25) is 0 Å². The van der Waals surface area contributed by atoms with E-state index >= 15 is 0 Å². The quantitative estimate of drug-likeness (QED) is 0.0231. The number of unbranched alkanes of at least 4 members (excludes halogenated alkanes) is 20. The van der Waals surface area contributed by atoms with Gasteiger partial charge in [-0.05, 0) is 56.9 Å². The first-order valence-electron chi connectivity index (χ1n) is 20.6. The summed E-state index contributed by atoms with van der Waals surface area (Å²) in [5.74, 6) is 0.706. The van der Waals surface area contributed by atoms with Gasteiger partial charge < -0.3 is 18.5 Å². The van der Waals surface area contributed by atoms with Gasteiger partial charge in [0.05, 0.1) is 19.5 Å². The maximum atomic E-state index is 12.6. The highest BCUT2D eigenvalue weighted by Gasteiger charge is 2.21. The fourth-order valence-electron chi connectivity index (χ4n) is 6.07. The third kappa shape index (κ3) is 31.1. The molecule has 282 valence electrons. The predicted octanol–water partition coefficient (Wildman–Crippen LogP) is 13.1. The first kappa shape index (κ1) is 45.1. The number of carbonyl (C=O) groups is 1. The summed E-state index contributed by atoms with van der Waals surface area (Å²) in [5, 5.41) is 3.20. The number of nitrogens with one attached hydrogen (secondary N) is 1. The van der Waals surface area contributed by atoms with Crippen molar-refractivity contribution >= 4 is 14.5 Å². The van der Waals surface area contributed by atoms with Crippen LogP contribution in [0.2, 0.25) is 0 Å². The molecule has 0 aliphatic carbocycles. The van der Waals surface area contributed by atoms with Gasteiger partial charge in [-0.1, -0.05) is 155 Å². The fraction of sp³-hybridized carbons (Fsp3) is 0.878. The van der Waals surface area contributed by atoms with E-state index in [-0.39, 0.29) is 12.6 Å². The Morgan fingerprint density at radius 3 is 1.77 bits per heavy atom. The van der Waals surface area contributed by atoms with Crippen LogP contribution in [0.5, 0.6) is 0 Å². The van der Waals surface area contributed by atoms with Gasteiger partial charge in [-0.2, -0.15) is 0 Å². The molecule has 0 aromatic heterocycles. The Morgan fingerprint density at radius 1 is 0.688 bits per heavy atom. The lowest BCUT2D eigenvalue weighted by Gasteiger charge is -2.19. The molecule has 6 nitrogen and oxygen atoms in total. The van der Waals surface area contributed by atoms with Crippen molar-refractivity contribution in [2.24, 2.45) is 5.92 Å². The molecule has 1 heterocycles. The van der Waals surface area contributed by atoms with Crippen LogP contribution >= 0.6 is 8.53 Å². The average molecular weight is 696 g/mol. The van der Waals surface area contributed by atoms with Crippen LogP contribution in [-0.2, 0) is 23.3 Å². The number of hydrogen-bond donors (Lipinski definition) is 1. The van der Waals surface area contributed by atoms with Gasteiger partial charge in [0.25, 0.3) is 8.53 Å². The highest BCUT2D eigenvalue weighted by atomic mass is 31.2. The summed E-state index contributed by atoms with van der Waals surface area (Å²) in [6.45, 7) is 9.02. The summed E-state index contributed by atoms with van der Waals surface area (Å²) in [4.78, 5) is 12.6. The second-order valence-electron chi connectivity index (χ2n) is 14.1. The average Bonchev–Trinajstić information content (AvgIpc) is 3.61. The van der Waals surface area contributed by atoms with E-state index in [1.165, 1.54) is 148 Å². The van der Waals surface area contributed by atoms with Crippen molar-refractivity contribution in [3.8, 4) is 0 Å². The van der Waals surface area contributed by atoms with Crippen molar-refractivity contribution < 1.29 is 23.3 Å². The molecule has 7 heteroatoms. The van der Waals surface area contributed by atoms with Crippen LogP contribution in [0.4, 0.5) is 0 Å². The van der Waals surface area contributed by atoms with E-state index in [9.17, 15) is 4.79 Å². The Labute approximate surface area is 299 Å². The maximum Gasteiger partial charge on any atom is 0.306 e. The molecule has 48 heavy (non-hydrogen) atoms. The SMILES string of the molecule is CCCCCCCC/C=C\CCCCCCCC(=O)OC(CO/C=C\CCCCCCC(C)CCCCCCCC)COP1NCCO1. The Kier molecular flexibility index (Phi) is 33.7. The van der Waals surface area contributed by atoms with Gasteiger partial charge in [0.1, 0.15) is 6.61 Å². The van der Waals surface area contributed by atoms with Crippen LogP contribution in [-0.4, -0.2) is 38.4 Å². The first-order valence-corrected chi connectivity index (χ1v) is 21.7. The third-order valence-electron chi connectivity index (χ3n) is 9.21. The number of rotatable bonds is 36. The standard InChI is InChI=1S/C41H78NO5P/c1-4-6-8-10-12-13-14-15-16-17-18-19-20-25-29-33-41(43)47-40(38-46-48-42-34-36-45-48)37-44-35-30-26-22-21-24-28-32-39(3)31-27-23-11-9-7-5-2/h15-16,30,35,39-40,42H,4-14,17-29,31-34,36-38H2,1-3H3/b16-15-,35-30-. The molecule has 0 aromatic carbocycles. The van der Waals surface area contributed by atoms with Crippen LogP contribution in [0.1, 0.15) is 194 Å². The summed E-state index contributed by atoms with van der Waals surface area (Å²) < 4.78 is 22.9. The van der Waals surface area contributed by atoms with E-state index in [1.807, 2.05) is 0 Å². The zero-order valence-electron chi connectivity index (χ0n) is 31.9. The van der Waals surface area contributed by atoms with Gasteiger partial charge in [-0.3, -0.25) is 4.79 Å². The largest absolute Gasteiger partial charge is 0.498 e. The number of allylic oxidation sites excluding steroid dienone is 3. The van der Waals surface area contributed by atoms with E-state index in [0.29, 0.717) is 19.6 Å². The Morgan fingerprint density at radius 2 is 1.21 bits per heavy atom. The van der Waals surface area contributed by atoms with Crippen LogP contribution in [0.3, 0.4) is 0 Å². The molecule has 0 amide bonds. The molecule has 1 rings (SSSR count). The van der Waals surface area contributed by atoms with Crippen molar-refractivity contribution in [1.82, 2.24) is 5.09 Å². The summed E-state index contributed by atoms with van der Waals surface area (Å²) in [6.07, 6.45) is 42.1. The van der Waals surface area contributed by atoms with Crippen LogP contribution in [0, 0.1) is 5.92 Å². The number of hydrogen-bond acceptors (Lipinski definition) is 6. The summed E-state index contributed by atoms with van der Waals surface area (Å²) >= 11 is 0. The molecule has 1 saturated heterocycles. The van der Waals surface area contributed by atoms with Crippen LogP contribution in [0.25, 0.3) is 0 Å². The minimum atomic E-state index is -1.09. The highest BCUT2D eigenvalue weighted by molar-refractivity contribution is 7.45. The van der Waals surface area contributed by atoms with E-state index < -0.39 is 14.6 Å². The van der Waals surface area contributed by atoms with Crippen molar-refractivity contribution in [2.45, 2.75) is 200 Å². The van der Waals surface area contributed by atoms with Crippen molar-refractivity contribution in [2.75, 3.05) is 26.4 Å². The number of carbonyl (C=O) groups excluding carboxylic acids is 1. The second kappa shape index (κ2) is 35.9. The molecule has 1 fully saturated rings. The molecule has 0 radical (unpaired) electrons. The Balaban J connectivity index is 2.09. The zero-order valence-corrected chi connectivity index (χ0v) is 32.8. The highest BCUT2D eigenvalue weighted by Crippen LogP contribution is 2.36. The van der Waals surface area contributed by atoms with Crippen LogP contribution in [0.15, 0.2) is 24.5 Å². The van der Waals surface area contributed by atoms with Gasteiger partial charge in [0, 0.05) is 13.0 Å². The van der Waals surface area contributed by atoms with Gasteiger partial charge >= 0.3 is 5.97 Å². The molecule has 0 spiro atoms. The lowest BCUT2D eigenvalue weighted by molar-refractivity contribution is -0.153. The molecule has 0 aromatic rings. The lowest BCUT2D eigenvalue weighted by Crippen LogP contribution is -2.27. The predicted molar refractivity (Wildman–Crippen MR) is 206 cm³/mol. The lowest BCUT2D eigenvalue weighted by atomic mass is 9.96. The van der Waals surface area contributed by atoms with E-state index in [0.717, 1.165) is 31.7 Å². The number of ether oxygens (including phenoxy) is 2. The summed E-state index contributed by atoms with van der Waals surface area (Å²) in [7, 11) is -1.09. The maximum absolute atomic E-state index is 12.6. The van der Waals surface area contributed by atoms with Gasteiger partial charge in [0.15, 0.2) is 6.10 Å². The van der Waals surface area contributed by atoms with Crippen molar-refractivity contribution in [1.29, 1.82) is 0 Å². The Bertz CT molecular complexity index is 742. The third-order valence-corrected chi connectivity index (χ3v) is 10.5. The second-order valence-corrected chi connectivity index (χ2v) is 15.4. The van der Waals surface area contributed by atoms with E-state index in [1.54, 1.807) is 6.26 Å². The molecule has 0 bridgehead atoms. The molecule has 0 saturated carbocycles. The molecule has 1 N–H and O–H groups in total. The molecule has 1 aliphatic heterocycles. The molecular formula is C41H78NO5P.